The summed E-state index contributed by atoms with van der Waals surface area (Å²) in [6.45, 7) is 0.585. The highest BCUT2D eigenvalue weighted by Gasteiger charge is 2.15. The fraction of sp³-hybridized carbons (Fsp3) is 0.500. The Balaban J connectivity index is 1.90. The molecule has 0 saturated heterocycles. The van der Waals surface area contributed by atoms with E-state index < -0.39 is 11.6 Å². The minimum absolute atomic E-state index is 0.292. The van der Waals surface area contributed by atoms with Gasteiger partial charge < -0.3 is 4.74 Å². The standard InChI is InChI=1S/C12H13F2O/c13-11-6-5-10(7-12(11)14)15-8-9-3-1-2-4-9/h5-6,9H,1-4,8H2. The number of hydrogen-bond acceptors (Lipinski definition) is 1. The molecular weight excluding hydrogens is 198 g/mol. The van der Waals surface area contributed by atoms with E-state index in [9.17, 15) is 8.78 Å². The molecule has 1 fully saturated rings. The molecule has 81 valence electrons. The maximum Gasteiger partial charge on any atom is 0.170 e. The van der Waals surface area contributed by atoms with Gasteiger partial charge in [0.05, 0.1) is 12.7 Å². The molecule has 2 rings (SSSR count). The van der Waals surface area contributed by atoms with E-state index in [-0.39, 0.29) is 0 Å². The molecule has 0 heterocycles. The Labute approximate surface area is 88.1 Å². The van der Waals surface area contributed by atoms with Crippen LogP contribution in [0, 0.1) is 23.6 Å². The smallest absolute Gasteiger partial charge is 0.170 e. The molecule has 1 saturated carbocycles. The average molecular weight is 211 g/mol. The molecule has 0 bridgehead atoms. The van der Waals surface area contributed by atoms with Crippen LogP contribution in [0.3, 0.4) is 0 Å². The molecule has 0 unspecified atom stereocenters. The van der Waals surface area contributed by atoms with Gasteiger partial charge in [-0.2, -0.15) is 0 Å². The lowest BCUT2D eigenvalue weighted by molar-refractivity contribution is 0.250. The first-order chi connectivity index (χ1) is 7.25. The molecule has 1 aromatic rings. The number of ether oxygens (including phenoxy) is 1. The molecule has 0 spiro atoms. The van der Waals surface area contributed by atoms with Gasteiger partial charge in [-0.3, -0.25) is 0 Å². The first-order valence-corrected chi connectivity index (χ1v) is 5.26. The lowest BCUT2D eigenvalue weighted by atomic mass is 10.1. The van der Waals surface area contributed by atoms with E-state index >= 15 is 0 Å². The Hall–Kier alpha value is -1.12. The predicted octanol–water partition coefficient (Wildman–Crippen LogP) is 3.33. The predicted molar refractivity (Wildman–Crippen MR) is 52.6 cm³/mol. The molecule has 0 N–H and O–H groups in total. The van der Waals surface area contributed by atoms with Crippen molar-refractivity contribution in [2.75, 3.05) is 6.61 Å². The summed E-state index contributed by atoms with van der Waals surface area (Å²) < 4.78 is 30.7. The van der Waals surface area contributed by atoms with E-state index in [4.69, 9.17) is 4.74 Å². The van der Waals surface area contributed by atoms with Crippen LogP contribution in [-0.2, 0) is 0 Å². The van der Waals surface area contributed by atoms with Gasteiger partial charge in [0, 0.05) is 0 Å². The van der Waals surface area contributed by atoms with Gasteiger partial charge in [-0.1, -0.05) is 12.8 Å². The molecule has 1 aliphatic carbocycles. The molecule has 15 heavy (non-hydrogen) atoms. The zero-order valence-electron chi connectivity index (χ0n) is 8.43. The lowest BCUT2D eigenvalue weighted by Crippen LogP contribution is -2.08. The van der Waals surface area contributed by atoms with Gasteiger partial charge >= 0.3 is 0 Å². The second-order valence-corrected chi connectivity index (χ2v) is 3.95. The molecule has 0 atom stereocenters. The summed E-state index contributed by atoms with van der Waals surface area (Å²) in [7, 11) is 0. The van der Waals surface area contributed by atoms with Crippen LogP contribution < -0.4 is 4.74 Å². The SMILES string of the molecule is Fc1[c]c(OCC2CCCC2)ccc1F. The zero-order chi connectivity index (χ0) is 10.7. The van der Waals surface area contributed by atoms with E-state index in [2.05, 4.69) is 6.07 Å². The summed E-state index contributed by atoms with van der Waals surface area (Å²) in [6, 6.07) is 4.71. The van der Waals surface area contributed by atoms with Crippen LogP contribution in [0.2, 0.25) is 0 Å². The van der Waals surface area contributed by atoms with Crippen molar-refractivity contribution >= 4 is 0 Å². The summed E-state index contributed by atoms with van der Waals surface area (Å²) >= 11 is 0. The number of rotatable bonds is 3. The Morgan fingerprint density at radius 1 is 1.27 bits per heavy atom. The van der Waals surface area contributed by atoms with Gasteiger partial charge in [-0.25, -0.2) is 8.78 Å². The third-order valence-corrected chi connectivity index (χ3v) is 2.77. The van der Waals surface area contributed by atoms with Crippen molar-refractivity contribution < 1.29 is 13.5 Å². The molecule has 1 radical (unpaired) electrons. The highest BCUT2D eigenvalue weighted by Crippen LogP contribution is 2.25. The molecule has 0 aliphatic heterocycles. The van der Waals surface area contributed by atoms with Crippen LogP contribution in [0.1, 0.15) is 25.7 Å². The number of benzene rings is 1. The van der Waals surface area contributed by atoms with Gasteiger partial charge in [0.15, 0.2) is 11.6 Å². The molecule has 0 amide bonds. The van der Waals surface area contributed by atoms with Gasteiger partial charge in [-0.15, -0.1) is 0 Å². The minimum atomic E-state index is -0.973. The second kappa shape index (κ2) is 4.60. The summed E-state index contributed by atoms with van der Waals surface area (Å²) in [5.41, 5.74) is 0. The Morgan fingerprint density at radius 3 is 2.67 bits per heavy atom. The van der Waals surface area contributed by atoms with Crippen molar-refractivity contribution in [3.8, 4) is 5.75 Å². The molecular formula is C12H13F2O. The maximum atomic E-state index is 12.8. The van der Waals surface area contributed by atoms with E-state index in [1.54, 1.807) is 0 Å². The van der Waals surface area contributed by atoms with Crippen molar-refractivity contribution in [3.05, 3.63) is 29.8 Å². The maximum absolute atomic E-state index is 12.8. The number of halogens is 2. The molecule has 3 heteroatoms. The monoisotopic (exact) mass is 211 g/mol. The van der Waals surface area contributed by atoms with E-state index in [0.717, 1.165) is 6.07 Å². The quantitative estimate of drug-likeness (QED) is 0.745. The van der Waals surface area contributed by atoms with Gasteiger partial charge in [-0.05, 0) is 30.9 Å². The van der Waals surface area contributed by atoms with Crippen molar-refractivity contribution in [3.63, 3.8) is 0 Å². The van der Waals surface area contributed by atoms with Gasteiger partial charge in [0.2, 0.25) is 0 Å². The molecule has 1 nitrogen and oxygen atoms in total. The molecule has 0 aromatic heterocycles. The topological polar surface area (TPSA) is 9.23 Å². The average Bonchev–Trinajstić information content (AvgIpc) is 2.73. The zero-order valence-corrected chi connectivity index (χ0v) is 8.43. The van der Waals surface area contributed by atoms with Gasteiger partial charge in [0.1, 0.15) is 5.75 Å². The van der Waals surface area contributed by atoms with Crippen LogP contribution in [0.4, 0.5) is 8.78 Å². The van der Waals surface area contributed by atoms with Crippen molar-refractivity contribution in [1.82, 2.24) is 0 Å². The minimum Gasteiger partial charge on any atom is -0.493 e. The third-order valence-electron chi connectivity index (χ3n) is 2.77. The summed E-state index contributed by atoms with van der Waals surface area (Å²) in [4.78, 5) is 0. The fourth-order valence-electron chi connectivity index (χ4n) is 1.90. The summed E-state index contributed by atoms with van der Waals surface area (Å²) in [5.74, 6) is -1.01. The molecule has 1 aliphatic rings. The third kappa shape index (κ3) is 2.67. The van der Waals surface area contributed by atoms with E-state index in [1.165, 1.54) is 31.7 Å². The first-order valence-electron chi connectivity index (χ1n) is 5.26. The Bertz CT molecular complexity index is 332. The van der Waals surface area contributed by atoms with Crippen LogP contribution in [-0.4, -0.2) is 6.61 Å². The molecule has 1 aromatic carbocycles. The van der Waals surface area contributed by atoms with Crippen molar-refractivity contribution in [1.29, 1.82) is 0 Å². The Morgan fingerprint density at radius 2 is 2.00 bits per heavy atom. The van der Waals surface area contributed by atoms with Gasteiger partial charge in [0.25, 0.3) is 0 Å². The van der Waals surface area contributed by atoms with Crippen LogP contribution in [0.5, 0.6) is 5.75 Å². The normalized spacial score (nSPS) is 16.9. The lowest BCUT2D eigenvalue weighted by Gasteiger charge is -2.10. The second-order valence-electron chi connectivity index (χ2n) is 3.95. The highest BCUT2D eigenvalue weighted by molar-refractivity contribution is 5.21. The largest absolute Gasteiger partial charge is 0.493 e. The summed E-state index contributed by atoms with van der Waals surface area (Å²) in [6.07, 6.45) is 4.83. The van der Waals surface area contributed by atoms with Crippen LogP contribution in [0.25, 0.3) is 0 Å². The van der Waals surface area contributed by atoms with Crippen LogP contribution >= 0.6 is 0 Å². The fourth-order valence-corrected chi connectivity index (χ4v) is 1.90. The van der Waals surface area contributed by atoms with E-state index in [0.29, 0.717) is 18.3 Å². The van der Waals surface area contributed by atoms with Crippen molar-refractivity contribution in [2.45, 2.75) is 25.7 Å². The highest BCUT2D eigenvalue weighted by atomic mass is 19.2. The Kier molecular flexibility index (Phi) is 3.19. The number of hydrogen-bond donors (Lipinski definition) is 0. The van der Waals surface area contributed by atoms with Crippen LogP contribution in [0.15, 0.2) is 12.1 Å². The first kappa shape index (κ1) is 10.4. The summed E-state index contributed by atoms with van der Waals surface area (Å²) in [5, 5.41) is 0. The van der Waals surface area contributed by atoms with E-state index in [1.807, 2.05) is 0 Å². The van der Waals surface area contributed by atoms with Crippen molar-refractivity contribution in [2.24, 2.45) is 5.92 Å².